The first-order valence-corrected chi connectivity index (χ1v) is 9.85. The number of carbonyl (C=O) groups excluding carboxylic acids is 2. The Morgan fingerprint density at radius 2 is 1.93 bits per heavy atom. The highest BCUT2D eigenvalue weighted by Crippen LogP contribution is 2.16. The first-order chi connectivity index (χ1) is 13.4. The van der Waals surface area contributed by atoms with Crippen molar-refractivity contribution in [2.75, 3.05) is 6.54 Å². The number of hydrogen-bond acceptors (Lipinski definition) is 2. The second-order valence-electron chi connectivity index (χ2n) is 6.74. The topological polar surface area (TPSA) is 49.4 Å². The third kappa shape index (κ3) is 6.34. The molecule has 4 nitrogen and oxygen atoms in total. The van der Waals surface area contributed by atoms with Crippen LogP contribution in [0.25, 0.3) is 0 Å². The molecule has 0 heterocycles. The van der Waals surface area contributed by atoms with Crippen LogP contribution in [0.5, 0.6) is 0 Å². The normalized spacial score (nSPS) is 11.7. The number of nitrogens with one attached hydrogen (secondary N) is 1. The van der Waals surface area contributed by atoms with Crippen molar-refractivity contribution in [2.45, 2.75) is 45.7 Å². The molecule has 1 N–H and O–H groups in total. The minimum atomic E-state index is -0.719. The Balaban J connectivity index is 2.20. The summed E-state index contributed by atoms with van der Waals surface area (Å²) in [7, 11) is 0. The fourth-order valence-electron chi connectivity index (χ4n) is 2.85. The number of halogens is 2. The van der Waals surface area contributed by atoms with Crippen LogP contribution < -0.4 is 5.32 Å². The number of unbranched alkanes of at least 4 members (excludes halogenated alkanes) is 1. The van der Waals surface area contributed by atoms with E-state index < -0.39 is 11.9 Å². The molecule has 0 unspecified atom stereocenters. The van der Waals surface area contributed by atoms with Crippen LogP contribution >= 0.6 is 11.6 Å². The van der Waals surface area contributed by atoms with E-state index in [1.54, 1.807) is 49.4 Å². The molecule has 0 saturated carbocycles. The van der Waals surface area contributed by atoms with Gasteiger partial charge in [0, 0.05) is 23.7 Å². The van der Waals surface area contributed by atoms with Gasteiger partial charge in [0.25, 0.3) is 0 Å². The number of amides is 2. The van der Waals surface area contributed by atoms with Gasteiger partial charge < -0.3 is 10.2 Å². The summed E-state index contributed by atoms with van der Waals surface area (Å²) in [5.41, 5.74) is 1.12. The molecule has 0 aliphatic heterocycles. The van der Waals surface area contributed by atoms with Gasteiger partial charge in [0.15, 0.2) is 0 Å². The molecule has 0 spiro atoms. The van der Waals surface area contributed by atoms with Crippen LogP contribution in [0, 0.1) is 5.82 Å². The van der Waals surface area contributed by atoms with E-state index in [4.69, 9.17) is 11.6 Å². The fourth-order valence-corrected chi connectivity index (χ4v) is 3.06. The summed E-state index contributed by atoms with van der Waals surface area (Å²) in [6.07, 6.45) is 1.91. The molecule has 0 fully saturated rings. The van der Waals surface area contributed by atoms with E-state index in [0.29, 0.717) is 17.1 Å². The van der Waals surface area contributed by atoms with Gasteiger partial charge in [-0.2, -0.15) is 0 Å². The predicted octanol–water partition coefficient (Wildman–Crippen LogP) is 4.36. The maximum atomic E-state index is 14.2. The van der Waals surface area contributed by atoms with Crippen molar-refractivity contribution in [3.63, 3.8) is 0 Å². The third-order valence-corrected chi connectivity index (χ3v) is 4.77. The van der Waals surface area contributed by atoms with Gasteiger partial charge in [-0.25, -0.2) is 4.39 Å². The summed E-state index contributed by atoms with van der Waals surface area (Å²) < 4.78 is 14.2. The number of benzene rings is 2. The zero-order valence-corrected chi connectivity index (χ0v) is 17.0. The minimum absolute atomic E-state index is 0.0223. The molecular weight excluding hydrogens is 379 g/mol. The van der Waals surface area contributed by atoms with Crippen LogP contribution in [0.2, 0.25) is 5.02 Å². The highest BCUT2D eigenvalue weighted by molar-refractivity contribution is 6.30. The summed E-state index contributed by atoms with van der Waals surface area (Å²) in [5, 5.41) is 3.38. The van der Waals surface area contributed by atoms with Crippen LogP contribution in [-0.2, 0) is 22.6 Å². The Bertz CT molecular complexity index is 813. The molecule has 0 aliphatic carbocycles. The molecule has 28 heavy (non-hydrogen) atoms. The standard InChI is InChI=1S/C22H26ClFN2O2/c1-3-4-12-25-22(28)16(2)26(15-18-9-5-6-11-20(18)24)21(27)14-17-8-7-10-19(23)13-17/h5-11,13,16H,3-4,12,14-15H2,1-2H3,(H,25,28)/t16-/m1/s1. The Morgan fingerprint density at radius 3 is 2.61 bits per heavy atom. The molecule has 1 atom stereocenters. The Labute approximate surface area is 170 Å². The first kappa shape index (κ1) is 21.9. The Hall–Kier alpha value is -2.40. The van der Waals surface area contributed by atoms with Crippen molar-refractivity contribution >= 4 is 23.4 Å². The van der Waals surface area contributed by atoms with Crippen LogP contribution in [-0.4, -0.2) is 29.3 Å². The van der Waals surface area contributed by atoms with Gasteiger partial charge in [-0.3, -0.25) is 9.59 Å². The van der Waals surface area contributed by atoms with Gasteiger partial charge >= 0.3 is 0 Å². The highest BCUT2D eigenvalue weighted by atomic mass is 35.5. The number of hydrogen-bond donors (Lipinski definition) is 1. The van der Waals surface area contributed by atoms with Crippen molar-refractivity contribution in [3.05, 3.63) is 70.5 Å². The van der Waals surface area contributed by atoms with Crippen LogP contribution in [0.1, 0.15) is 37.8 Å². The lowest BCUT2D eigenvalue weighted by molar-refractivity contribution is -0.140. The largest absolute Gasteiger partial charge is 0.354 e. The van der Waals surface area contributed by atoms with Crippen molar-refractivity contribution < 1.29 is 14.0 Å². The van der Waals surface area contributed by atoms with Gasteiger partial charge in [-0.05, 0) is 37.1 Å². The summed E-state index contributed by atoms with van der Waals surface area (Å²) in [6, 6.07) is 12.6. The summed E-state index contributed by atoms with van der Waals surface area (Å²) in [6.45, 7) is 4.27. The van der Waals surface area contributed by atoms with Gasteiger partial charge in [0.05, 0.1) is 6.42 Å². The summed E-state index contributed by atoms with van der Waals surface area (Å²) in [5.74, 6) is -0.908. The zero-order valence-electron chi connectivity index (χ0n) is 16.3. The van der Waals surface area contributed by atoms with Crippen LogP contribution in [0.3, 0.4) is 0 Å². The second kappa shape index (κ2) is 10.8. The lowest BCUT2D eigenvalue weighted by Gasteiger charge is -2.29. The molecule has 2 rings (SSSR count). The predicted molar refractivity (Wildman–Crippen MR) is 109 cm³/mol. The van der Waals surface area contributed by atoms with E-state index >= 15 is 0 Å². The quantitative estimate of drug-likeness (QED) is 0.631. The van der Waals surface area contributed by atoms with Gasteiger partial charge in [0.2, 0.25) is 11.8 Å². The summed E-state index contributed by atoms with van der Waals surface area (Å²) in [4.78, 5) is 26.9. The van der Waals surface area contributed by atoms with Crippen LogP contribution in [0.15, 0.2) is 48.5 Å². The minimum Gasteiger partial charge on any atom is -0.354 e. The van der Waals surface area contributed by atoms with Gasteiger partial charge in [0.1, 0.15) is 11.9 Å². The monoisotopic (exact) mass is 404 g/mol. The van der Waals surface area contributed by atoms with E-state index in [1.807, 2.05) is 6.92 Å². The number of rotatable bonds is 9. The first-order valence-electron chi connectivity index (χ1n) is 9.47. The average Bonchev–Trinajstić information content (AvgIpc) is 2.67. The van der Waals surface area contributed by atoms with Crippen molar-refractivity contribution in [2.24, 2.45) is 0 Å². The molecule has 0 aromatic heterocycles. The van der Waals surface area contributed by atoms with E-state index in [0.717, 1.165) is 18.4 Å². The molecule has 2 aromatic carbocycles. The van der Waals surface area contributed by atoms with E-state index in [9.17, 15) is 14.0 Å². The van der Waals surface area contributed by atoms with Crippen LogP contribution in [0.4, 0.5) is 4.39 Å². The third-order valence-electron chi connectivity index (χ3n) is 4.54. The van der Waals surface area contributed by atoms with E-state index in [2.05, 4.69) is 5.32 Å². The zero-order chi connectivity index (χ0) is 20.5. The Morgan fingerprint density at radius 1 is 1.18 bits per heavy atom. The second-order valence-corrected chi connectivity index (χ2v) is 7.18. The fraction of sp³-hybridized carbons (Fsp3) is 0.364. The number of carbonyl (C=O) groups is 2. The van der Waals surface area contributed by atoms with Crippen molar-refractivity contribution in [1.29, 1.82) is 0 Å². The van der Waals surface area contributed by atoms with E-state index in [-0.39, 0.29) is 24.8 Å². The molecule has 0 saturated heterocycles. The molecule has 150 valence electrons. The molecule has 6 heteroatoms. The average molecular weight is 405 g/mol. The highest BCUT2D eigenvalue weighted by Gasteiger charge is 2.26. The van der Waals surface area contributed by atoms with Crippen molar-refractivity contribution in [1.82, 2.24) is 10.2 Å². The maximum absolute atomic E-state index is 14.2. The Kier molecular flexibility index (Phi) is 8.45. The molecule has 2 amide bonds. The molecular formula is C22H26ClFN2O2. The SMILES string of the molecule is CCCCNC(=O)[C@@H](C)N(Cc1ccccc1F)C(=O)Cc1cccc(Cl)c1. The molecule has 0 radical (unpaired) electrons. The smallest absolute Gasteiger partial charge is 0.242 e. The molecule has 0 aliphatic rings. The van der Waals surface area contributed by atoms with Gasteiger partial charge in [-0.15, -0.1) is 0 Å². The summed E-state index contributed by atoms with van der Waals surface area (Å²) >= 11 is 6.00. The van der Waals surface area contributed by atoms with Crippen molar-refractivity contribution in [3.8, 4) is 0 Å². The van der Waals surface area contributed by atoms with Gasteiger partial charge in [-0.1, -0.05) is 55.3 Å². The lowest BCUT2D eigenvalue weighted by Crippen LogP contribution is -2.48. The molecule has 2 aromatic rings. The lowest BCUT2D eigenvalue weighted by atomic mass is 10.1. The van der Waals surface area contributed by atoms with E-state index in [1.165, 1.54) is 11.0 Å². The number of nitrogens with zero attached hydrogens (tertiary/aromatic N) is 1. The maximum Gasteiger partial charge on any atom is 0.242 e. The molecule has 0 bridgehead atoms.